The van der Waals surface area contributed by atoms with E-state index in [1.165, 1.54) is 11.3 Å². The van der Waals surface area contributed by atoms with Crippen molar-refractivity contribution in [2.75, 3.05) is 31.5 Å². The number of fused-ring (bicyclic) bond motifs is 1. The van der Waals surface area contributed by atoms with Crippen LogP contribution < -0.4 is 10.6 Å². The van der Waals surface area contributed by atoms with Gasteiger partial charge in [-0.25, -0.2) is 4.98 Å². The molecule has 1 aliphatic rings. The lowest BCUT2D eigenvalue weighted by Crippen LogP contribution is -2.51. The second-order valence-electron chi connectivity index (χ2n) is 5.13. The normalized spacial score (nSPS) is 20.1. The highest BCUT2D eigenvalue weighted by Gasteiger charge is 2.18. The molecule has 1 aliphatic heterocycles. The van der Waals surface area contributed by atoms with Gasteiger partial charge in [0.05, 0.1) is 16.8 Å². The number of benzene rings is 1. The number of nitrogens with one attached hydrogen (secondary N) is 2. The number of nitrogens with zero attached hydrogens (tertiary/aromatic N) is 2. The van der Waals surface area contributed by atoms with Gasteiger partial charge in [0, 0.05) is 25.7 Å². The highest BCUT2D eigenvalue weighted by molar-refractivity contribution is 7.22. The third-order valence-corrected chi connectivity index (χ3v) is 4.31. The monoisotopic (exact) mass is 290 g/mol. The Hall–Kier alpha value is -1.50. The minimum absolute atomic E-state index is 0.0122. The number of piperazine rings is 1. The largest absolute Gasteiger partial charge is 0.312 e. The Kier molecular flexibility index (Phi) is 3.95. The summed E-state index contributed by atoms with van der Waals surface area (Å²) in [4.78, 5) is 18.6. The molecule has 1 saturated heterocycles. The average Bonchev–Trinajstić information content (AvgIpc) is 2.80. The lowest BCUT2D eigenvalue weighted by atomic mass is 10.2. The van der Waals surface area contributed by atoms with Crippen molar-refractivity contribution < 1.29 is 4.79 Å². The van der Waals surface area contributed by atoms with Gasteiger partial charge >= 0.3 is 0 Å². The summed E-state index contributed by atoms with van der Waals surface area (Å²) in [6.45, 7) is 5.33. The van der Waals surface area contributed by atoms with Crippen molar-refractivity contribution in [2.45, 2.75) is 13.0 Å². The van der Waals surface area contributed by atoms with Crippen molar-refractivity contribution in [2.24, 2.45) is 0 Å². The average molecular weight is 290 g/mol. The van der Waals surface area contributed by atoms with Crippen LogP contribution in [-0.4, -0.2) is 48.0 Å². The van der Waals surface area contributed by atoms with Crippen LogP contribution in [0.5, 0.6) is 0 Å². The molecule has 0 bridgehead atoms. The number of carbonyl (C=O) groups excluding carboxylic acids is 1. The molecule has 1 aromatic heterocycles. The van der Waals surface area contributed by atoms with Crippen LogP contribution in [0.25, 0.3) is 10.2 Å². The van der Waals surface area contributed by atoms with E-state index in [0.29, 0.717) is 17.7 Å². The van der Waals surface area contributed by atoms with E-state index in [0.717, 1.165) is 29.9 Å². The number of anilines is 1. The van der Waals surface area contributed by atoms with Gasteiger partial charge in [-0.05, 0) is 19.1 Å². The quantitative estimate of drug-likeness (QED) is 0.900. The third kappa shape index (κ3) is 3.15. The van der Waals surface area contributed by atoms with Crippen LogP contribution in [0, 0.1) is 0 Å². The van der Waals surface area contributed by atoms with Gasteiger partial charge in [0.15, 0.2) is 5.13 Å². The van der Waals surface area contributed by atoms with Crippen molar-refractivity contribution in [1.29, 1.82) is 0 Å². The van der Waals surface area contributed by atoms with E-state index < -0.39 is 0 Å². The predicted molar refractivity (Wildman–Crippen MR) is 82.2 cm³/mol. The molecule has 5 nitrogen and oxygen atoms in total. The number of aromatic nitrogens is 1. The second-order valence-corrected chi connectivity index (χ2v) is 6.16. The van der Waals surface area contributed by atoms with Crippen LogP contribution in [-0.2, 0) is 4.79 Å². The first-order chi connectivity index (χ1) is 9.70. The summed E-state index contributed by atoms with van der Waals surface area (Å²) >= 11 is 1.51. The number of thiazole rings is 1. The van der Waals surface area contributed by atoms with Crippen molar-refractivity contribution in [3.05, 3.63) is 24.3 Å². The van der Waals surface area contributed by atoms with Crippen LogP contribution >= 0.6 is 11.3 Å². The lowest BCUT2D eigenvalue weighted by Gasteiger charge is -2.31. The Bertz CT molecular complexity index is 579. The van der Waals surface area contributed by atoms with Gasteiger partial charge in [-0.1, -0.05) is 23.5 Å². The molecule has 20 heavy (non-hydrogen) atoms. The molecule has 0 saturated carbocycles. The Balaban J connectivity index is 1.60. The number of amides is 1. The second kappa shape index (κ2) is 5.87. The molecule has 3 rings (SSSR count). The molecule has 2 N–H and O–H groups in total. The Morgan fingerprint density at radius 2 is 2.40 bits per heavy atom. The zero-order valence-corrected chi connectivity index (χ0v) is 12.2. The molecular formula is C14H18N4OS. The first-order valence-electron chi connectivity index (χ1n) is 6.82. The molecule has 0 unspecified atom stereocenters. The highest BCUT2D eigenvalue weighted by Crippen LogP contribution is 2.25. The van der Waals surface area contributed by atoms with Gasteiger partial charge < -0.3 is 10.6 Å². The number of rotatable bonds is 3. The number of carbonyl (C=O) groups is 1. The number of hydrogen-bond acceptors (Lipinski definition) is 5. The third-order valence-electron chi connectivity index (χ3n) is 3.36. The summed E-state index contributed by atoms with van der Waals surface area (Å²) in [6.07, 6.45) is 0. The van der Waals surface area contributed by atoms with Crippen molar-refractivity contribution >= 4 is 32.6 Å². The zero-order chi connectivity index (χ0) is 13.9. The van der Waals surface area contributed by atoms with Crippen LogP contribution in [0.4, 0.5) is 5.13 Å². The minimum atomic E-state index is 0.0122. The molecule has 0 spiro atoms. The molecule has 2 heterocycles. The summed E-state index contributed by atoms with van der Waals surface area (Å²) in [5.74, 6) is 0.0122. The van der Waals surface area contributed by atoms with Gasteiger partial charge in [-0.3, -0.25) is 9.69 Å². The van der Waals surface area contributed by atoms with Gasteiger partial charge in [0.2, 0.25) is 5.91 Å². The Morgan fingerprint density at radius 1 is 1.55 bits per heavy atom. The van der Waals surface area contributed by atoms with Gasteiger partial charge in [-0.2, -0.15) is 0 Å². The molecule has 1 aromatic carbocycles. The SMILES string of the molecule is C[C@H]1CN(CC(=O)Nc2nc3ccccc3s2)CCN1. The van der Waals surface area contributed by atoms with E-state index in [9.17, 15) is 4.79 Å². The number of hydrogen-bond donors (Lipinski definition) is 2. The van der Waals surface area contributed by atoms with E-state index in [-0.39, 0.29) is 5.91 Å². The first kappa shape index (κ1) is 13.5. The molecule has 2 aromatic rings. The van der Waals surface area contributed by atoms with E-state index in [4.69, 9.17) is 0 Å². The Labute approximate surface area is 122 Å². The lowest BCUT2D eigenvalue weighted by molar-refractivity contribution is -0.117. The van der Waals surface area contributed by atoms with Crippen molar-refractivity contribution in [3.8, 4) is 0 Å². The molecule has 1 atom stereocenters. The van der Waals surface area contributed by atoms with Crippen LogP contribution in [0.15, 0.2) is 24.3 Å². The molecular weight excluding hydrogens is 272 g/mol. The summed E-state index contributed by atoms with van der Waals surface area (Å²) < 4.78 is 1.10. The van der Waals surface area contributed by atoms with E-state index in [1.807, 2.05) is 24.3 Å². The van der Waals surface area contributed by atoms with Crippen molar-refractivity contribution in [3.63, 3.8) is 0 Å². The zero-order valence-electron chi connectivity index (χ0n) is 11.4. The fraction of sp³-hybridized carbons (Fsp3) is 0.429. The van der Waals surface area contributed by atoms with Crippen LogP contribution in [0.2, 0.25) is 0 Å². The summed E-state index contributed by atoms with van der Waals surface area (Å²) in [7, 11) is 0. The highest BCUT2D eigenvalue weighted by atomic mass is 32.1. The van der Waals surface area contributed by atoms with Gasteiger partial charge in [0.1, 0.15) is 0 Å². The molecule has 1 amide bonds. The molecule has 0 radical (unpaired) electrons. The summed E-state index contributed by atoms with van der Waals surface area (Å²) in [6, 6.07) is 8.35. The summed E-state index contributed by atoms with van der Waals surface area (Å²) in [5, 5.41) is 6.95. The minimum Gasteiger partial charge on any atom is -0.312 e. The molecule has 0 aliphatic carbocycles. The maximum Gasteiger partial charge on any atom is 0.240 e. The Morgan fingerprint density at radius 3 is 3.20 bits per heavy atom. The van der Waals surface area contributed by atoms with Crippen LogP contribution in [0.1, 0.15) is 6.92 Å². The number of para-hydroxylation sites is 1. The maximum atomic E-state index is 12.1. The predicted octanol–water partition coefficient (Wildman–Crippen LogP) is 1.53. The van der Waals surface area contributed by atoms with E-state index in [2.05, 4.69) is 27.4 Å². The van der Waals surface area contributed by atoms with Crippen LogP contribution in [0.3, 0.4) is 0 Å². The fourth-order valence-corrected chi connectivity index (χ4v) is 3.33. The standard InChI is InChI=1S/C14H18N4OS/c1-10-8-18(7-6-15-10)9-13(19)17-14-16-11-4-2-3-5-12(11)20-14/h2-5,10,15H,6-9H2,1H3,(H,16,17,19)/t10-/m0/s1. The topological polar surface area (TPSA) is 57.3 Å². The summed E-state index contributed by atoms with van der Waals surface area (Å²) in [5.41, 5.74) is 0.934. The van der Waals surface area contributed by atoms with E-state index >= 15 is 0 Å². The first-order valence-corrected chi connectivity index (χ1v) is 7.63. The van der Waals surface area contributed by atoms with Crippen molar-refractivity contribution in [1.82, 2.24) is 15.2 Å². The molecule has 6 heteroatoms. The fourth-order valence-electron chi connectivity index (χ4n) is 2.44. The molecule has 106 valence electrons. The maximum absolute atomic E-state index is 12.1. The smallest absolute Gasteiger partial charge is 0.240 e. The van der Waals surface area contributed by atoms with E-state index in [1.54, 1.807) is 0 Å². The molecule has 1 fully saturated rings. The van der Waals surface area contributed by atoms with Gasteiger partial charge in [0.25, 0.3) is 0 Å². The van der Waals surface area contributed by atoms with Gasteiger partial charge in [-0.15, -0.1) is 0 Å².